The van der Waals surface area contributed by atoms with Crippen molar-refractivity contribution >= 4 is 11.7 Å². The van der Waals surface area contributed by atoms with E-state index >= 15 is 0 Å². The van der Waals surface area contributed by atoms with Gasteiger partial charge in [-0.05, 0) is 6.07 Å². The summed E-state index contributed by atoms with van der Waals surface area (Å²) in [6, 6.07) is 1.12. The molecule has 0 aliphatic carbocycles. The fraction of sp³-hybridized carbons (Fsp3) is 0.333. The third-order valence-electron chi connectivity index (χ3n) is 1.79. The minimum atomic E-state index is -2.67. The standard InChI is InChI=1S/C9H10F3N3O/c1-13-8-7(12)5(2-3-14-8)9(16)15-4-6(10)11/h2-3,6H,4H2,1H3,(H,13,14)(H,15,16). The van der Waals surface area contributed by atoms with Crippen molar-refractivity contribution in [3.8, 4) is 0 Å². The Labute approximate surface area is 89.9 Å². The van der Waals surface area contributed by atoms with Gasteiger partial charge >= 0.3 is 0 Å². The molecule has 0 saturated carbocycles. The summed E-state index contributed by atoms with van der Waals surface area (Å²) in [6.45, 7) is -0.810. The van der Waals surface area contributed by atoms with Gasteiger partial charge in [-0.25, -0.2) is 18.2 Å². The van der Waals surface area contributed by atoms with Crippen molar-refractivity contribution in [2.75, 3.05) is 18.9 Å². The van der Waals surface area contributed by atoms with Crippen molar-refractivity contribution in [2.45, 2.75) is 6.43 Å². The zero-order valence-corrected chi connectivity index (χ0v) is 8.43. The number of hydrogen-bond acceptors (Lipinski definition) is 3. The van der Waals surface area contributed by atoms with E-state index in [0.717, 1.165) is 6.07 Å². The molecule has 0 spiro atoms. The molecule has 0 fully saturated rings. The van der Waals surface area contributed by atoms with Crippen molar-refractivity contribution in [1.29, 1.82) is 0 Å². The van der Waals surface area contributed by atoms with E-state index in [0.29, 0.717) is 0 Å². The number of pyridine rings is 1. The number of amides is 1. The second kappa shape index (κ2) is 5.34. The molecule has 7 heteroatoms. The first-order valence-electron chi connectivity index (χ1n) is 4.45. The average Bonchev–Trinajstić information content (AvgIpc) is 2.26. The van der Waals surface area contributed by atoms with E-state index in [2.05, 4.69) is 10.3 Å². The van der Waals surface area contributed by atoms with Gasteiger partial charge in [0.15, 0.2) is 11.6 Å². The Balaban J connectivity index is 2.83. The minimum absolute atomic E-state index is 0.107. The molecule has 0 atom stereocenters. The fourth-order valence-corrected chi connectivity index (χ4v) is 1.06. The van der Waals surface area contributed by atoms with Crippen LogP contribution in [0.4, 0.5) is 19.0 Å². The maximum atomic E-state index is 13.5. The molecule has 1 heterocycles. The number of carbonyl (C=O) groups excluding carboxylic acids is 1. The van der Waals surface area contributed by atoms with Crippen molar-refractivity contribution in [3.05, 3.63) is 23.6 Å². The number of aromatic nitrogens is 1. The molecule has 1 aromatic heterocycles. The Hall–Kier alpha value is -1.79. The number of nitrogens with zero attached hydrogens (tertiary/aromatic N) is 1. The first kappa shape index (κ1) is 12.3. The lowest BCUT2D eigenvalue weighted by Crippen LogP contribution is -2.29. The number of anilines is 1. The number of hydrogen-bond donors (Lipinski definition) is 2. The molecular formula is C9H10F3N3O. The topological polar surface area (TPSA) is 54.0 Å². The summed E-state index contributed by atoms with van der Waals surface area (Å²) in [5.74, 6) is -1.86. The number of rotatable bonds is 4. The fourth-order valence-electron chi connectivity index (χ4n) is 1.06. The van der Waals surface area contributed by atoms with Crippen molar-refractivity contribution in [3.63, 3.8) is 0 Å². The smallest absolute Gasteiger partial charge is 0.255 e. The number of carbonyl (C=O) groups is 1. The zero-order valence-electron chi connectivity index (χ0n) is 8.43. The second-order valence-electron chi connectivity index (χ2n) is 2.87. The summed E-state index contributed by atoms with van der Waals surface area (Å²) in [7, 11) is 1.44. The van der Waals surface area contributed by atoms with Gasteiger partial charge in [-0.15, -0.1) is 0 Å². The van der Waals surface area contributed by atoms with E-state index in [-0.39, 0.29) is 11.4 Å². The molecule has 4 nitrogen and oxygen atoms in total. The van der Waals surface area contributed by atoms with E-state index in [1.54, 1.807) is 0 Å². The number of halogens is 3. The second-order valence-corrected chi connectivity index (χ2v) is 2.87. The average molecular weight is 233 g/mol. The molecule has 0 saturated heterocycles. The monoisotopic (exact) mass is 233 g/mol. The van der Waals surface area contributed by atoms with Crippen LogP contribution in [0.25, 0.3) is 0 Å². The van der Waals surface area contributed by atoms with Gasteiger partial charge < -0.3 is 10.6 Å². The SMILES string of the molecule is CNc1nccc(C(=O)NCC(F)F)c1F. The van der Waals surface area contributed by atoms with Crippen LogP contribution in [-0.4, -0.2) is 30.9 Å². The Morgan fingerprint density at radius 2 is 2.25 bits per heavy atom. The quantitative estimate of drug-likeness (QED) is 0.823. The predicted molar refractivity (Wildman–Crippen MR) is 52.1 cm³/mol. The Morgan fingerprint density at radius 1 is 1.56 bits per heavy atom. The molecule has 88 valence electrons. The van der Waals surface area contributed by atoms with Gasteiger partial charge in [-0.3, -0.25) is 4.79 Å². The predicted octanol–water partition coefficient (Wildman–Crippen LogP) is 1.26. The normalized spacial score (nSPS) is 10.3. The van der Waals surface area contributed by atoms with E-state index in [9.17, 15) is 18.0 Å². The highest BCUT2D eigenvalue weighted by Gasteiger charge is 2.16. The molecule has 1 rings (SSSR count). The molecule has 1 aromatic rings. The lowest BCUT2D eigenvalue weighted by Gasteiger charge is -2.07. The van der Waals surface area contributed by atoms with Gasteiger partial charge in [0.2, 0.25) is 0 Å². The van der Waals surface area contributed by atoms with Gasteiger partial charge in [0.25, 0.3) is 12.3 Å². The summed E-state index contributed by atoms with van der Waals surface area (Å²) in [5.41, 5.74) is -0.319. The molecule has 1 amide bonds. The van der Waals surface area contributed by atoms with E-state index in [1.807, 2.05) is 5.32 Å². The van der Waals surface area contributed by atoms with Crippen LogP contribution in [0.2, 0.25) is 0 Å². The maximum absolute atomic E-state index is 13.5. The van der Waals surface area contributed by atoms with Crippen LogP contribution in [0.5, 0.6) is 0 Å². The van der Waals surface area contributed by atoms with Gasteiger partial charge in [0.1, 0.15) is 0 Å². The molecule has 0 aliphatic heterocycles. The third kappa shape index (κ3) is 2.85. The number of nitrogens with one attached hydrogen (secondary N) is 2. The van der Waals surface area contributed by atoms with Crippen LogP contribution in [0.1, 0.15) is 10.4 Å². The van der Waals surface area contributed by atoms with Gasteiger partial charge in [-0.2, -0.15) is 0 Å². The summed E-state index contributed by atoms with van der Waals surface area (Å²) in [6.07, 6.45) is -1.45. The van der Waals surface area contributed by atoms with Crippen LogP contribution in [0, 0.1) is 5.82 Å². The summed E-state index contributed by atoms with van der Waals surface area (Å²) < 4.78 is 37.1. The van der Waals surface area contributed by atoms with Gasteiger partial charge in [-0.1, -0.05) is 0 Å². The molecule has 16 heavy (non-hydrogen) atoms. The van der Waals surface area contributed by atoms with Crippen LogP contribution >= 0.6 is 0 Å². The first-order chi connectivity index (χ1) is 7.56. The van der Waals surface area contributed by atoms with Crippen LogP contribution in [0.15, 0.2) is 12.3 Å². The van der Waals surface area contributed by atoms with E-state index < -0.39 is 24.7 Å². The van der Waals surface area contributed by atoms with Crippen molar-refractivity contribution < 1.29 is 18.0 Å². The van der Waals surface area contributed by atoms with Gasteiger partial charge in [0.05, 0.1) is 12.1 Å². The van der Waals surface area contributed by atoms with Crippen LogP contribution in [-0.2, 0) is 0 Å². The molecule has 2 N–H and O–H groups in total. The molecule has 0 aliphatic rings. The van der Waals surface area contributed by atoms with E-state index in [1.165, 1.54) is 13.2 Å². The minimum Gasteiger partial charge on any atom is -0.371 e. The van der Waals surface area contributed by atoms with Gasteiger partial charge in [0, 0.05) is 13.2 Å². The summed E-state index contributed by atoms with van der Waals surface area (Å²) >= 11 is 0. The maximum Gasteiger partial charge on any atom is 0.255 e. The van der Waals surface area contributed by atoms with Crippen LogP contribution in [0.3, 0.4) is 0 Å². The lowest BCUT2D eigenvalue weighted by molar-refractivity contribution is 0.0887. The zero-order chi connectivity index (χ0) is 12.1. The molecule has 0 radical (unpaired) electrons. The molecule has 0 bridgehead atoms. The Bertz CT molecular complexity index is 384. The summed E-state index contributed by atoms with van der Waals surface area (Å²) in [5, 5.41) is 4.35. The highest BCUT2D eigenvalue weighted by atomic mass is 19.3. The largest absolute Gasteiger partial charge is 0.371 e. The first-order valence-corrected chi connectivity index (χ1v) is 4.45. The number of alkyl halides is 2. The molecular weight excluding hydrogens is 223 g/mol. The molecule has 0 unspecified atom stereocenters. The van der Waals surface area contributed by atoms with E-state index in [4.69, 9.17) is 0 Å². The highest BCUT2D eigenvalue weighted by Crippen LogP contribution is 2.14. The lowest BCUT2D eigenvalue weighted by atomic mass is 10.2. The van der Waals surface area contributed by atoms with Crippen LogP contribution < -0.4 is 10.6 Å². The Morgan fingerprint density at radius 3 is 2.81 bits per heavy atom. The van der Waals surface area contributed by atoms with Crippen molar-refractivity contribution in [1.82, 2.24) is 10.3 Å². The Kier molecular flexibility index (Phi) is 4.10. The molecule has 0 aromatic carbocycles. The highest BCUT2D eigenvalue weighted by molar-refractivity contribution is 5.95. The third-order valence-corrected chi connectivity index (χ3v) is 1.79. The summed E-state index contributed by atoms with van der Waals surface area (Å²) in [4.78, 5) is 14.9. The van der Waals surface area contributed by atoms with Crippen molar-refractivity contribution in [2.24, 2.45) is 0 Å².